The average Bonchev–Trinajstić information content (AvgIpc) is 2.33. The number of hydrogen-bond donors (Lipinski definition) is 2. The van der Waals surface area contributed by atoms with E-state index in [0.717, 1.165) is 4.47 Å². The molecule has 0 bridgehead atoms. The summed E-state index contributed by atoms with van der Waals surface area (Å²) in [6, 6.07) is 5.29. The van der Waals surface area contributed by atoms with E-state index in [2.05, 4.69) is 21.1 Å². The van der Waals surface area contributed by atoms with E-state index in [0.29, 0.717) is 24.5 Å². The lowest BCUT2D eigenvalue weighted by atomic mass is 10.2. The monoisotopic (exact) mass is 330 g/mol. The molecule has 0 saturated heterocycles. The molecule has 0 fully saturated rings. The Labute approximate surface area is 121 Å². The van der Waals surface area contributed by atoms with Crippen LogP contribution in [0, 0.1) is 0 Å². The molecule has 0 saturated carbocycles. The SMILES string of the molecule is CC(C)(C)OCCOc1cc(Br)ccc1/C(N)=N/O. The van der Waals surface area contributed by atoms with E-state index in [4.69, 9.17) is 20.4 Å². The van der Waals surface area contributed by atoms with E-state index in [-0.39, 0.29) is 11.4 Å². The fourth-order valence-electron chi connectivity index (χ4n) is 1.38. The molecule has 0 unspecified atom stereocenters. The van der Waals surface area contributed by atoms with Crippen molar-refractivity contribution in [3.63, 3.8) is 0 Å². The Kier molecular flexibility index (Phi) is 5.62. The first kappa shape index (κ1) is 15.8. The minimum Gasteiger partial charge on any atom is -0.490 e. The Bertz CT molecular complexity index is 456. The van der Waals surface area contributed by atoms with Gasteiger partial charge in [-0.1, -0.05) is 21.1 Å². The molecule has 0 spiro atoms. The molecule has 0 aliphatic heterocycles. The van der Waals surface area contributed by atoms with Gasteiger partial charge in [-0.05, 0) is 39.0 Å². The van der Waals surface area contributed by atoms with Gasteiger partial charge in [0.15, 0.2) is 5.84 Å². The maximum atomic E-state index is 8.73. The van der Waals surface area contributed by atoms with Gasteiger partial charge < -0.3 is 20.4 Å². The number of ether oxygens (including phenoxy) is 2. The van der Waals surface area contributed by atoms with Gasteiger partial charge in [-0.3, -0.25) is 0 Å². The van der Waals surface area contributed by atoms with Crippen molar-refractivity contribution in [2.24, 2.45) is 10.9 Å². The summed E-state index contributed by atoms with van der Waals surface area (Å²) in [5.41, 5.74) is 5.94. The highest BCUT2D eigenvalue weighted by molar-refractivity contribution is 9.10. The molecule has 1 rings (SSSR count). The fraction of sp³-hybridized carbons (Fsp3) is 0.462. The van der Waals surface area contributed by atoms with Crippen LogP contribution in [0.1, 0.15) is 26.3 Å². The third-order valence-corrected chi connectivity index (χ3v) is 2.70. The van der Waals surface area contributed by atoms with Crippen LogP contribution in [0.5, 0.6) is 5.75 Å². The second-order valence-corrected chi connectivity index (χ2v) is 5.85. The molecule has 0 amide bonds. The normalized spacial score (nSPS) is 12.5. The lowest BCUT2D eigenvalue weighted by Gasteiger charge is -2.20. The second kappa shape index (κ2) is 6.77. The van der Waals surface area contributed by atoms with Crippen molar-refractivity contribution in [1.82, 2.24) is 0 Å². The summed E-state index contributed by atoms with van der Waals surface area (Å²) in [6.07, 6.45) is 0. The van der Waals surface area contributed by atoms with Crippen LogP contribution in [-0.2, 0) is 4.74 Å². The lowest BCUT2D eigenvalue weighted by molar-refractivity contribution is -0.0163. The number of rotatable bonds is 5. The first-order chi connectivity index (χ1) is 8.83. The first-order valence-corrected chi connectivity index (χ1v) is 6.67. The van der Waals surface area contributed by atoms with Gasteiger partial charge in [0, 0.05) is 4.47 Å². The summed E-state index contributed by atoms with van der Waals surface area (Å²) in [5, 5.41) is 11.7. The van der Waals surface area contributed by atoms with Crippen LogP contribution in [0.15, 0.2) is 27.8 Å². The Balaban J connectivity index is 2.69. The molecular weight excluding hydrogens is 312 g/mol. The Morgan fingerprint density at radius 1 is 1.37 bits per heavy atom. The van der Waals surface area contributed by atoms with Gasteiger partial charge in [-0.15, -0.1) is 0 Å². The van der Waals surface area contributed by atoms with Crippen LogP contribution < -0.4 is 10.5 Å². The Hall–Kier alpha value is -1.27. The zero-order chi connectivity index (χ0) is 14.5. The number of nitrogens with two attached hydrogens (primary N) is 1. The minimum absolute atomic E-state index is 0.0132. The topological polar surface area (TPSA) is 77.1 Å². The summed E-state index contributed by atoms with van der Waals surface area (Å²) in [6.45, 7) is 6.79. The Morgan fingerprint density at radius 3 is 2.63 bits per heavy atom. The van der Waals surface area contributed by atoms with E-state index in [1.165, 1.54) is 0 Å². The second-order valence-electron chi connectivity index (χ2n) is 4.94. The largest absolute Gasteiger partial charge is 0.490 e. The number of nitrogens with zero attached hydrogens (tertiary/aromatic N) is 1. The number of halogens is 1. The predicted molar refractivity (Wildman–Crippen MR) is 77.9 cm³/mol. The number of amidine groups is 1. The molecule has 0 atom stereocenters. The van der Waals surface area contributed by atoms with Crippen LogP contribution >= 0.6 is 15.9 Å². The molecule has 0 radical (unpaired) electrons. The van der Waals surface area contributed by atoms with Crippen molar-refractivity contribution in [2.75, 3.05) is 13.2 Å². The van der Waals surface area contributed by atoms with Gasteiger partial charge >= 0.3 is 0 Å². The summed E-state index contributed by atoms with van der Waals surface area (Å²) >= 11 is 3.35. The molecule has 1 aromatic carbocycles. The van der Waals surface area contributed by atoms with Gasteiger partial charge in [0.05, 0.1) is 17.8 Å². The third-order valence-electron chi connectivity index (χ3n) is 2.20. The average molecular weight is 331 g/mol. The van der Waals surface area contributed by atoms with E-state index < -0.39 is 0 Å². The minimum atomic E-state index is -0.199. The van der Waals surface area contributed by atoms with Crippen LogP contribution in [-0.4, -0.2) is 29.9 Å². The molecule has 5 nitrogen and oxygen atoms in total. The van der Waals surface area contributed by atoms with E-state index >= 15 is 0 Å². The molecule has 0 aliphatic carbocycles. The molecule has 0 aliphatic rings. The first-order valence-electron chi connectivity index (χ1n) is 5.87. The van der Waals surface area contributed by atoms with Crippen LogP contribution in [0.4, 0.5) is 0 Å². The molecule has 1 aromatic rings. The van der Waals surface area contributed by atoms with Crippen molar-refractivity contribution in [3.8, 4) is 5.75 Å². The molecule has 0 heterocycles. The highest BCUT2D eigenvalue weighted by Gasteiger charge is 2.11. The Morgan fingerprint density at radius 2 is 2.05 bits per heavy atom. The van der Waals surface area contributed by atoms with E-state index in [9.17, 15) is 0 Å². The molecular formula is C13H19BrN2O3. The number of hydrogen-bond acceptors (Lipinski definition) is 4. The summed E-state index contributed by atoms with van der Waals surface area (Å²) in [7, 11) is 0. The van der Waals surface area contributed by atoms with Crippen LogP contribution in [0.25, 0.3) is 0 Å². The van der Waals surface area contributed by atoms with Crippen molar-refractivity contribution in [2.45, 2.75) is 26.4 Å². The standard InChI is InChI=1S/C13H19BrN2O3/c1-13(2,3)19-7-6-18-11-8-9(14)4-5-10(11)12(15)16-17/h4-5,8,17H,6-7H2,1-3H3,(H2,15,16). The summed E-state index contributed by atoms with van der Waals surface area (Å²) in [4.78, 5) is 0. The van der Waals surface area contributed by atoms with Crippen molar-refractivity contribution >= 4 is 21.8 Å². The highest BCUT2D eigenvalue weighted by Crippen LogP contribution is 2.23. The number of oxime groups is 1. The van der Waals surface area contributed by atoms with Gasteiger partial charge in [0.1, 0.15) is 12.4 Å². The smallest absolute Gasteiger partial charge is 0.173 e. The maximum Gasteiger partial charge on any atom is 0.173 e. The predicted octanol–water partition coefficient (Wildman–Crippen LogP) is 2.74. The van der Waals surface area contributed by atoms with Crippen molar-refractivity contribution in [3.05, 3.63) is 28.2 Å². The van der Waals surface area contributed by atoms with Gasteiger partial charge in [-0.25, -0.2) is 0 Å². The summed E-state index contributed by atoms with van der Waals surface area (Å²) < 4.78 is 12.0. The molecule has 6 heteroatoms. The van der Waals surface area contributed by atoms with Crippen molar-refractivity contribution < 1.29 is 14.7 Å². The van der Waals surface area contributed by atoms with Gasteiger partial charge in [0.2, 0.25) is 0 Å². The van der Waals surface area contributed by atoms with E-state index in [1.807, 2.05) is 20.8 Å². The molecule has 0 aromatic heterocycles. The fourth-order valence-corrected chi connectivity index (χ4v) is 1.72. The quantitative estimate of drug-likeness (QED) is 0.286. The molecule has 106 valence electrons. The third kappa shape index (κ3) is 5.48. The zero-order valence-electron chi connectivity index (χ0n) is 11.3. The molecule has 19 heavy (non-hydrogen) atoms. The van der Waals surface area contributed by atoms with Crippen LogP contribution in [0.3, 0.4) is 0 Å². The zero-order valence-corrected chi connectivity index (χ0v) is 12.9. The summed E-state index contributed by atoms with van der Waals surface area (Å²) in [5.74, 6) is 0.557. The highest BCUT2D eigenvalue weighted by atomic mass is 79.9. The maximum absolute atomic E-state index is 8.73. The number of benzene rings is 1. The molecule has 3 N–H and O–H groups in total. The van der Waals surface area contributed by atoms with E-state index in [1.54, 1.807) is 18.2 Å². The van der Waals surface area contributed by atoms with Crippen LogP contribution in [0.2, 0.25) is 0 Å². The van der Waals surface area contributed by atoms with Crippen molar-refractivity contribution in [1.29, 1.82) is 0 Å². The van der Waals surface area contributed by atoms with Gasteiger partial charge in [-0.2, -0.15) is 0 Å². The lowest BCUT2D eigenvalue weighted by Crippen LogP contribution is -2.23. The van der Waals surface area contributed by atoms with Gasteiger partial charge in [0.25, 0.3) is 0 Å².